The Morgan fingerprint density at radius 3 is 3.00 bits per heavy atom. The molecule has 1 aliphatic heterocycles. The van der Waals surface area contributed by atoms with Crippen LogP contribution in [0.1, 0.15) is 30.5 Å². The summed E-state index contributed by atoms with van der Waals surface area (Å²) in [5, 5.41) is 18.5. The second-order valence-electron chi connectivity index (χ2n) is 5.08. The molecule has 1 fully saturated rings. The highest BCUT2D eigenvalue weighted by molar-refractivity contribution is 5.53. The van der Waals surface area contributed by atoms with Crippen molar-refractivity contribution in [3.05, 3.63) is 23.5 Å². The second-order valence-corrected chi connectivity index (χ2v) is 5.08. The highest BCUT2D eigenvalue weighted by Gasteiger charge is 2.21. The molecule has 1 aromatic heterocycles. The minimum atomic E-state index is 0.0315. The average molecular weight is 250 g/mol. The fourth-order valence-electron chi connectivity index (χ4n) is 2.69. The maximum atomic E-state index is 9.40. The Bertz CT molecular complexity index is 393. The standard InChI is InChI=1S/C14H22N2O2/c1-11-7-14(13(10-18)8-15-11)16-5-2-3-12(9-16)4-6-17/h7-8,12,17-18H,2-6,9-10H2,1H3. The van der Waals surface area contributed by atoms with E-state index in [-0.39, 0.29) is 13.2 Å². The minimum absolute atomic E-state index is 0.0315. The number of pyridine rings is 1. The summed E-state index contributed by atoms with van der Waals surface area (Å²) >= 11 is 0. The average Bonchev–Trinajstić information content (AvgIpc) is 2.39. The summed E-state index contributed by atoms with van der Waals surface area (Å²) in [5.74, 6) is 0.559. The summed E-state index contributed by atoms with van der Waals surface area (Å²) in [5.41, 5.74) is 2.98. The summed E-state index contributed by atoms with van der Waals surface area (Å²) in [6.45, 7) is 4.26. The molecule has 0 amide bonds. The number of hydrogen-bond acceptors (Lipinski definition) is 4. The lowest BCUT2D eigenvalue weighted by molar-refractivity contribution is 0.243. The Morgan fingerprint density at radius 2 is 2.28 bits per heavy atom. The third kappa shape index (κ3) is 3.00. The second kappa shape index (κ2) is 6.16. The van der Waals surface area contributed by atoms with E-state index >= 15 is 0 Å². The van der Waals surface area contributed by atoms with E-state index in [1.54, 1.807) is 6.20 Å². The van der Waals surface area contributed by atoms with Crippen molar-refractivity contribution >= 4 is 5.69 Å². The smallest absolute Gasteiger partial charge is 0.0717 e. The van der Waals surface area contributed by atoms with Gasteiger partial charge in [0.15, 0.2) is 0 Å². The van der Waals surface area contributed by atoms with Crippen molar-refractivity contribution in [3.63, 3.8) is 0 Å². The molecule has 1 saturated heterocycles. The van der Waals surface area contributed by atoms with E-state index < -0.39 is 0 Å². The van der Waals surface area contributed by atoms with Crippen molar-refractivity contribution < 1.29 is 10.2 Å². The summed E-state index contributed by atoms with van der Waals surface area (Å²) in [4.78, 5) is 6.56. The summed E-state index contributed by atoms with van der Waals surface area (Å²) in [7, 11) is 0. The summed E-state index contributed by atoms with van der Waals surface area (Å²) in [6, 6.07) is 2.05. The molecule has 0 radical (unpaired) electrons. The third-order valence-electron chi connectivity index (χ3n) is 3.67. The number of rotatable bonds is 4. The van der Waals surface area contributed by atoms with E-state index in [0.717, 1.165) is 42.9 Å². The minimum Gasteiger partial charge on any atom is -0.396 e. The van der Waals surface area contributed by atoms with Gasteiger partial charge in [-0.1, -0.05) is 0 Å². The van der Waals surface area contributed by atoms with Crippen LogP contribution in [0.4, 0.5) is 5.69 Å². The van der Waals surface area contributed by atoms with E-state index in [9.17, 15) is 5.11 Å². The van der Waals surface area contributed by atoms with Gasteiger partial charge in [-0.3, -0.25) is 4.98 Å². The number of aliphatic hydroxyl groups is 2. The molecule has 2 heterocycles. The van der Waals surface area contributed by atoms with Crippen molar-refractivity contribution in [1.29, 1.82) is 0 Å². The number of aliphatic hydroxyl groups excluding tert-OH is 2. The van der Waals surface area contributed by atoms with Gasteiger partial charge in [-0.2, -0.15) is 0 Å². The molecule has 0 aliphatic carbocycles. The monoisotopic (exact) mass is 250 g/mol. The fourth-order valence-corrected chi connectivity index (χ4v) is 2.69. The Balaban J connectivity index is 2.17. The van der Waals surface area contributed by atoms with Crippen molar-refractivity contribution in [2.45, 2.75) is 32.8 Å². The lowest BCUT2D eigenvalue weighted by Crippen LogP contribution is -2.36. The van der Waals surface area contributed by atoms with Crippen LogP contribution in [-0.4, -0.2) is 34.9 Å². The van der Waals surface area contributed by atoms with Gasteiger partial charge < -0.3 is 15.1 Å². The molecule has 0 saturated carbocycles. The molecular weight excluding hydrogens is 228 g/mol. The molecule has 0 spiro atoms. The van der Waals surface area contributed by atoms with Gasteiger partial charge in [-0.15, -0.1) is 0 Å². The largest absolute Gasteiger partial charge is 0.396 e. The van der Waals surface area contributed by atoms with Gasteiger partial charge in [0, 0.05) is 42.8 Å². The van der Waals surface area contributed by atoms with Crippen LogP contribution in [0.3, 0.4) is 0 Å². The lowest BCUT2D eigenvalue weighted by Gasteiger charge is -2.35. The van der Waals surface area contributed by atoms with Gasteiger partial charge in [-0.05, 0) is 38.2 Å². The summed E-state index contributed by atoms with van der Waals surface area (Å²) < 4.78 is 0. The Kier molecular flexibility index (Phi) is 4.55. The molecular formula is C14H22N2O2. The highest BCUT2D eigenvalue weighted by Crippen LogP contribution is 2.27. The molecule has 2 rings (SSSR count). The van der Waals surface area contributed by atoms with Crippen molar-refractivity contribution in [2.24, 2.45) is 5.92 Å². The van der Waals surface area contributed by atoms with Crippen LogP contribution in [-0.2, 0) is 6.61 Å². The van der Waals surface area contributed by atoms with Crippen LogP contribution >= 0.6 is 0 Å². The first-order chi connectivity index (χ1) is 8.74. The zero-order valence-electron chi connectivity index (χ0n) is 11.0. The molecule has 1 atom stereocenters. The SMILES string of the molecule is Cc1cc(N2CCCC(CCO)C2)c(CO)cn1. The van der Waals surface area contributed by atoms with Gasteiger partial charge in [0.25, 0.3) is 0 Å². The zero-order valence-corrected chi connectivity index (χ0v) is 11.0. The van der Waals surface area contributed by atoms with Crippen LogP contribution in [0, 0.1) is 12.8 Å². The number of anilines is 1. The molecule has 1 aliphatic rings. The van der Waals surface area contributed by atoms with Crippen molar-refractivity contribution in [2.75, 3.05) is 24.6 Å². The Morgan fingerprint density at radius 1 is 1.44 bits per heavy atom. The van der Waals surface area contributed by atoms with E-state index in [4.69, 9.17) is 5.11 Å². The van der Waals surface area contributed by atoms with E-state index in [2.05, 4.69) is 9.88 Å². The van der Waals surface area contributed by atoms with Gasteiger partial charge in [0.2, 0.25) is 0 Å². The number of nitrogens with zero attached hydrogens (tertiary/aromatic N) is 2. The first kappa shape index (κ1) is 13.3. The third-order valence-corrected chi connectivity index (χ3v) is 3.67. The number of aryl methyl sites for hydroxylation is 1. The highest BCUT2D eigenvalue weighted by atomic mass is 16.3. The predicted molar refractivity (Wildman–Crippen MR) is 71.5 cm³/mol. The van der Waals surface area contributed by atoms with Gasteiger partial charge in [-0.25, -0.2) is 0 Å². The molecule has 4 heteroatoms. The first-order valence-electron chi connectivity index (χ1n) is 6.66. The van der Waals surface area contributed by atoms with Crippen LogP contribution in [0.5, 0.6) is 0 Å². The maximum absolute atomic E-state index is 9.40. The van der Waals surface area contributed by atoms with E-state index in [1.807, 2.05) is 13.0 Å². The van der Waals surface area contributed by atoms with Crippen molar-refractivity contribution in [3.8, 4) is 0 Å². The van der Waals surface area contributed by atoms with Crippen LogP contribution in [0.2, 0.25) is 0 Å². The molecule has 0 aromatic carbocycles. The first-order valence-corrected chi connectivity index (χ1v) is 6.66. The van der Waals surface area contributed by atoms with Crippen LogP contribution in [0.25, 0.3) is 0 Å². The van der Waals surface area contributed by atoms with Crippen molar-refractivity contribution in [1.82, 2.24) is 4.98 Å². The van der Waals surface area contributed by atoms with Gasteiger partial charge in [0.05, 0.1) is 6.61 Å². The summed E-state index contributed by atoms with van der Waals surface area (Å²) in [6.07, 6.45) is 4.97. The predicted octanol–water partition coefficient (Wildman–Crippen LogP) is 1.48. The fraction of sp³-hybridized carbons (Fsp3) is 0.643. The van der Waals surface area contributed by atoms with Gasteiger partial charge >= 0.3 is 0 Å². The molecule has 1 aromatic rings. The topological polar surface area (TPSA) is 56.6 Å². The molecule has 0 bridgehead atoms. The molecule has 2 N–H and O–H groups in total. The van der Waals surface area contributed by atoms with E-state index in [1.165, 1.54) is 6.42 Å². The van der Waals surface area contributed by atoms with E-state index in [0.29, 0.717) is 5.92 Å². The Hall–Kier alpha value is -1.13. The normalized spacial score (nSPS) is 20.2. The quantitative estimate of drug-likeness (QED) is 0.850. The molecule has 100 valence electrons. The molecule has 1 unspecified atom stereocenters. The zero-order chi connectivity index (χ0) is 13.0. The van der Waals surface area contributed by atoms with Crippen LogP contribution in [0.15, 0.2) is 12.3 Å². The number of hydrogen-bond donors (Lipinski definition) is 2. The lowest BCUT2D eigenvalue weighted by atomic mass is 9.94. The van der Waals surface area contributed by atoms with Gasteiger partial charge in [0.1, 0.15) is 0 Å². The molecule has 18 heavy (non-hydrogen) atoms. The number of piperidine rings is 1. The van der Waals surface area contributed by atoms with Crippen LogP contribution < -0.4 is 4.90 Å². The Labute approximate surface area is 108 Å². The maximum Gasteiger partial charge on any atom is 0.0717 e. The number of aromatic nitrogens is 1. The molecule has 4 nitrogen and oxygen atoms in total.